The first kappa shape index (κ1) is 16.9. The average molecular weight is 261 g/mol. The predicted octanol–water partition coefficient (Wildman–Crippen LogP) is 1.15. The van der Waals surface area contributed by atoms with Gasteiger partial charge >= 0.3 is 11.9 Å². The van der Waals surface area contributed by atoms with E-state index in [1.165, 1.54) is 0 Å². The molecule has 0 aliphatic heterocycles. The first-order valence-electron chi connectivity index (χ1n) is 6.33. The second-order valence-electron chi connectivity index (χ2n) is 3.46. The molecule has 0 aromatic heterocycles. The maximum absolute atomic E-state index is 11.2. The largest absolute Gasteiger partial charge is 0.466 e. The minimum atomic E-state index is -0.265. The van der Waals surface area contributed by atoms with Crippen LogP contribution < -0.4 is 0 Å². The zero-order chi connectivity index (χ0) is 13.8. The van der Waals surface area contributed by atoms with Crippen molar-refractivity contribution in [3.63, 3.8) is 0 Å². The number of hydroxylamine groups is 2. The second kappa shape index (κ2) is 11.0. The number of hydrogen-bond acceptors (Lipinski definition) is 6. The summed E-state index contributed by atoms with van der Waals surface area (Å²) in [5.41, 5.74) is 0. The molecule has 0 fully saturated rings. The van der Waals surface area contributed by atoms with Crippen LogP contribution in [0.3, 0.4) is 0 Å². The fraction of sp³-hybridized carbons (Fsp3) is 0.833. The van der Waals surface area contributed by atoms with E-state index < -0.39 is 0 Å². The summed E-state index contributed by atoms with van der Waals surface area (Å²) in [4.78, 5) is 27.7. The molecular weight excluding hydrogens is 238 g/mol. The van der Waals surface area contributed by atoms with Crippen LogP contribution in [0.5, 0.6) is 0 Å². The Morgan fingerprint density at radius 1 is 0.833 bits per heavy atom. The van der Waals surface area contributed by atoms with Gasteiger partial charge in [-0.1, -0.05) is 0 Å². The number of carbonyl (C=O) groups is 2. The minimum Gasteiger partial charge on any atom is -0.466 e. The quantitative estimate of drug-likeness (QED) is 0.434. The summed E-state index contributed by atoms with van der Waals surface area (Å²) >= 11 is 0. The van der Waals surface area contributed by atoms with Crippen molar-refractivity contribution in [2.24, 2.45) is 0 Å². The Labute approximate surface area is 108 Å². The Kier molecular flexibility index (Phi) is 10.3. The van der Waals surface area contributed by atoms with Gasteiger partial charge in [-0.2, -0.15) is 5.06 Å². The van der Waals surface area contributed by atoms with Crippen molar-refractivity contribution in [1.29, 1.82) is 0 Å². The fourth-order valence-corrected chi connectivity index (χ4v) is 1.32. The van der Waals surface area contributed by atoms with E-state index in [0.29, 0.717) is 32.9 Å². The zero-order valence-corrected chi connectivity index (χ0v) is 11.4. The van der Waals surface area contributed by atoms with Gasteiger partial charge in [0.15, 0.2) is 0 Å². The Hall–Kier alpha value is -1.14. The van der Waals surface area contributed by atoms with E-state index in [0.717, 1.165) is 0 Å². The Morgan fingerprint density at radius 2 is 1.28 bits per heavy atom. The van der Waals surface area contributed by atoms with Gasteiger partial charge in [0.2, 0.25) is 0 Å². The summed E-state index contributed by atoms with van der Waals surface area (Å²) in [6.07, 6.45) is 0.493. The van der Waals surface area contributed by atoms with E-state index in [9.17, 15) is 9.59 Å². The lowest BCUT2D eigenvalue weighted by Gasteiger charge is -2.20. The van der Waals surface area contributed by atoms with Crippen molar-refractivity contribution in [2.45, 2.75) is 33.6 Å². The fourth-order valence-electron chi connectivity index (χ4n) is 1.32. The first-order chi connectivity index (χ1) is 8.63. The molecule has 0 rings (SSSR count). The van der Waals surface area contributed by atoms with E-state index in [4.69, 9.17) is 14.3 Å². The van der Waals surface area contributed by atoms with Gasteiger partial charge in [0.1, 0.15) is 0 Å². The summed E-state index contributed by atoms with van der Waals surface area (Å²) in [5.74, 6) is -0.531. The van der Waals surface area contributed by atoms with Crippen molar-refractivity contribution < 1.29 is 23.9 Å². The molecule has 106 valence electrons. The van der Waals surface area contributed by atoms with Gasteiger partial charge in [-0.05, 0) is 20.8 Å². The molecule has 0 heterocycles. The average Bonchev–Trinajstić information content (AvgIpc) is 2.33. The van der Waals surface area contributed by atoms with Gasteiger partial charge in [-0.3, -0.25) is 14.4 Å². The first-order valence-corrected chi connectivity index (χ1v) is 6.33. The number of esters is 2. The predicted molar refractivity (Wildman–Crippen MR) is 65.7 cm³/mol. The van der Waals surface area contributed by atoms with Gasteiger partial charge in [0.25, 0.3) is 0 Å². The number of ether oxygens (including phenoxy) is 2. The van der Waals surface area contributed by atoms with Crippen LogP contribution in [0.25, 0.3) is 0 Å². The van der Waals surface area contributed by atoms with Gasteiger partial charge in [0, 0.05) is 13.1 Å². The molecule has 0 aliphatic carbocycles. The molecule has 0 bridgehead atoms. The van der Waals surface area contributed by atoms with Crippen LogP contribution in [-0.4, -0.2) is 49.9 Å². The van der Waals surface area contributed by atoms with Gasteiger partial charge < -0.3 is 9.47 Å². The molecule has 0 unspecified atom stereocenters. The molecule has 18 heavy (non-hydrogen) atoms. The molecule has 0 saturated carbocycles. The third kappa shape index (κ3) is 8.95. The molecule has 0 amide bonds. The molecule has 0 aliphatic rings. The molecule has 6 nitrogen and oxygen atoms in total. The third-order valence-electron chi connectivity index (χ3n) is 2.05. The maximum atomic E-state index is 11.2. The van der Waals surface area contributed by atoms with E-state index in [-0.39, 0.29) is 24.8 Å². The van der Waals surface area contributed by atoms with Gasteiger partial charge in [-0.25, -0.2) is 0 Å². The van der Waals surface area contributed by atoms with Crippen LogP contribution in [0.4, 0.5) is 0 Å². The van der Waals surface area contributed by atoms with E-state index in [2.05, 4.69) is 0 Å². The molecule has 0 aromatic rings. The van der Waals surface area contributed by atoms with Crippen molar-refractivity contribution in [3.8, 4) is 0 Å². The van der Waals surface area contributed by atoms with Crippen LogP contribution >= 0.6 is 0 Å². The SMILES string of the molecule is CCOC(=O)CCN(CCC(=O)OCC)OCC. The Morgan fingerprint density at radius 3 is 1.61 bits per heavy atom. The lowest BCUT2D eigenvalue weighted by atomic mass is 10.4. The molecule has 0 radical (unpaired) electrons. The van der Waals surface area contributed by atoms with Crippen molar-refractivity contribution in [3.05, 3.63) is 0 Å². The third-order valence-corrected chi connectivity index (χ3v) is 2.05. The van der Waals surface area contributed by atoms with Gasteiger partial charge in [0.05, 0.1) is 32.7 Å². The molecule has 0 aromatic carbocycles. The number of hydrogen-bond donors (Lipinski definition) is 0. The minimum absolute atomic E-state index is 0.247. The molecule has 0 spiro atoms. The highest BCUT2D eigenvalue weighted by Gasteiger charge is 2.11. The van der Waals surface area contributed by atoms with Crippen LogP contribution in [0, 0.1) is 0 Å². The highest BCUT2D eigenvalue weighted by atomic mass is 16.7. The maximum Gasteiger partial charge on any atom is 0.307 e. The van der Waals surface area contributed by atoms with Gasteiger partial charge in [-0.15, -0.1) is 0 Å². The highest BCUT2D eigenvalue weighted by molar-refractivity contribution is 5.70. The van der Waals surface area contributed by atoms with Crippen LogP contribution in [0.1, 0.15) is 33.6 Å². The molecule has 0 N–H and O–H groups in total. The number of carbonyl (C=O) groups excluding carboxylic acids is 2. The van der Waals surface area contributed by atoms with Crippen LogP contribution in [0.2, 0.25) is 0 Å². The molecule has 0 saturated heterocycles. The lowest BCUT2D eigenvalue weighted by Crippen LogP contribution is -2.30. The topological polar surface area (TPSA) is 65.1 Å². The van der Waals surface area contributed by atoms with Crippen LogP contribution in [0.15, 0.2) is 0 Å². The summed E-state index contributed by atoms with van der Waals surface area (Å²) in [6.45, 7) is 7.43. The normalized spacial score (nSPS) is 10.4. The zero-order valence-electron chi connectivity index (χ0n) is 11.4. The number of rotatable bonds is 10. The van der Waals surface area contributed by atoms with Crippen molar-refractivity contribution >= 4 is 11.9 Å². The molecule has 0 atom stereocenters. The smallest absolute Gasteiger partial charge is 0.307 e. The summed E-state index contributed by atoms with van der Waals surface area (Å²) in [7, 11) is 0. The highest BCUT2D eigenvalue weighted by Crippen LogP contribution is 1.99. The lowest BCUT2D eigenvalue weighted by molar-refractivity contribution is -0.169. The van der Waals surface area contributed by atoms with Crippen molar-refractivity contribution in [2.75, 3.05) is 32.9 Å². The van der Waals surface area contributed by atoms with E-state index >= 15 is 0 Å². The number of nitrogens with zero attached hydrogens (tertiary/aromatic N) is 1. The summed E-state index contributed by atoms with van der Waals surface area (Å²) in [6, 6.07) is 0. The summed E-state index contributed by atoms with van der Waals surface area (Å²) < 4.78 is 9.64. The van der Waals surface area contributed by atoms with Crippen molar-refractivity contribution in [1.82, 2.24) is 5.06 Å². The van der Waals surface area contributed by atoms with E-state index in [1.807, 2.05) is 6.92 Å². The summed E-state index contributed by atoms with van der Waals surface area (Å²) in [5, 5.41) is 1.59. The van der Waals surface area contributed by atoms with Crippen LogP contribution in [-0.2, 0) is 23.9 Å². The van der Waals surface area contributed by atoms with E-state index in [1.54, 1.807) is 18.9 Å². The second-order valence-corrected chi connectivity index (χ2v) is 3.46. The molecular formula is C12H23NO5. The monoisotopic (exact) mass is 261 g/mol. The Bertz CT molecular complexity index is 223. The molecule has 6 heteroatoms. The Balaban J connectivity index is 3.91. The standard InChI is InChI=1S/C12H23NO5/c1-4-16-11(14)7-9-13(18-6-3)10-8-12(15)17-5-2/h4-10H2,1-3H3.